The molecule has 1 amide bonds. The van der Waals surface area contributed by atoms with Gasteiger partial charge in [-0.3, -0.25) is 4.79 Å². The number of nitrogens with zero attached hydrogens (tertiary/aromatic N) is 5. The third-order valence-corrected chi connectivity index (χ3v) is 3.31. The molecule has 2 rings (SSSR count). The van der Waals surface area contributed by atoms with Gasteiger partial charge in [0.15, 0.2) is 6.04 Å². The number of benzene rings is 1. The molecule has 1 atom stereocenters. The van der Waals surface area contributed by atoms with Crippen molar-refractivity contribution in [3.63, 3.8) is 0 Å². The molecule has 112 valence electrons. The molecule has 2 aromatic rings. The van der Waals surface area contributed by atoms with Crippen LogP contribution in [0.1, 0.15) is 25.5 Å². The Labute approximate surface area is 124 Å². The predicted molar refractivity (Wildman–Crippen MR) is 80.6 cm³/mol. The summed E-state index contributed by atoms with van der Waals surface area (Å²) in [7, 11) is 3.46. The number of likely N-dealkylation sites (N-methyl/N-ethyl adjacent to an activating group) is 1. The monoisotopic (exact) mass is 287 g/mol. The van der Waals surface area contributed by atoms with Crippen LogP contribution in [-0.2, 0) is 4.79 Å². The molecule has 1 aromatic carbocycles. The highest BCUT2D eigenvalue weighted by molar-refractivity contribution is 5.80. The minimum absolute atomic E-state index is 0.0298. The summed E-state index contributed by atoms with van der Waals surface area (Å²) in [5, 5.41) is 12.5. The van der Waals surface area contributed by atoms with Crippen molar-refractivity contribution < 1.29 is 4.79 Å². The molecule has 0 saturated heterocycles. The first-order valence-corrected chi connectivity index (χ1v) is 6.98. The first-order chi connectivity index (χ1) is 9.90. The third-order valence-electron chi connectivity index (χ3n) is 3.31. The molecule has 6 nitrogen and oxygen atoms in total. The Morgan fingerprint density at radius 2 is 1.81 bits per heavy atom. The zero-order valence-corrected chi connectivity index (χ0v) is 13.1. The molecule has 0 bridgehead atoms. The van der Waals surface area contributed by atoms with Crippen LogP contribution < -0.4 is 0 Å². The quantitative estimate of drug-likeness (QED) is 0.862. The van der Waals surface area contributed by atoms with Crippen molar-refractivity contribution in [2.24, 2.45) is 5.92 Å². The lowest BCUT2D eigenvalue weighted by molar-refractivity contribution is -0.134. The maximum atomic E-state index is 12.3. The van der Waals surface area contributed by atoms with Crippen LogP contribution in [0.15, 0.2) is 24.3 Å². The number of aromatic nitrogens is 4. The number of hydrogen-bond donors (Lipinski definition) is 0. The number of tetrazole rings is 1. The Hall–Kier alpha value is -2.24. The van der Waals surface area contributed by atoms with E-state index < -0.39 is 6.04 Å². The van der Waals surface area contributed by atoms with E-state index in [0.29, 0.717) is 5.82 Å². The lowest BCUT2D eigenvalue weighted by Gasteiger charge is -2.22. The van der Waals surface area contributed by atoms with Crippen molar-refractivity contribution in [1.29, 1.82) is 0 Å². The van der Waals surface area contributed by atoms with Crippen LogP contribution in [0.25, 0.3) is 11.4 Å². The molecule has 0 radical (unpaired) electrons. The molecule has 0 fully saturated rings. The Morgan fingerprint density at radius 3 is 2.33 bits per heavy atom. The van der Waals surface area contributed by atoms with Gasteiger partial charge in [-0.05, 0) is 18.1 Å². The minimum Gasteiger partial charge on any atom is -0.347 e. The molecular weight excluding hydrogens is 266 g/mol. The molecule has 1 heterocycles. The molecule has 0 aliphatic heterocycles. The summed E-state index contributed by atoms with van der Waals surface area (Å²) < 4.78 is 0. The minimum atomic E-state index is -0.438. The van der Waals surface area contributed by atoms with Gasteiger partial charge in [-0.1, -0.05) is 43.7 Å². The van der Waals surface area contributed by atoms with Gasteiger partial charge in [0.05, 0.1) is 0 Å². The lowest BCUT2D eigenvalue weighted by Crippen LogP contribution is -2.35. The molecule has 6 heteroatoms. The highest BCUT2D eigenvalue weighted by atomic mass is 16.2. The molecule has 0 aliphatic carbocycles. The number of amides is 1. The van der Waals surface area contributed by atoms with Crippen molar-refractivity contribution in [3.8, 4) is 11.4 Å². The van der Waals surface area contributed by atoms with Gasteiger partial charge in [-0.25, -0.2) is 0 Å². The molecule has 1 aromatic heterocycles. The zero-order valence-electron chi connectivity index (χ0n) is 13.1. The van der Waals surface area contributed by atoms with E-state index in [0.717, 1.165) is 5.56 Å². The first kappa shape index (κ1) is 15.2. The van der Waals surface area contributed by atoms with Gasteiger partial charge in [0.1, 0.15) is 0 Å². The van der Waals surface area contributed by atoms with Crippen molar-refractivity contribution in [2.45, 2.75) is 26.8 Å². The van der Waals surface area contributed by atoms with Crippen molar-refractivity contribution >= 4 is 5.91 Å². The fraction of sp³-hybridized carbons (Fsp3) is 0.467. The molecule has 0 N–H and O–H groups in total. The second kappa shape index (κ2) is 6.03. The largest absolute Gasteiger partial charge is 0.347 e. The maximum absolute atomic E-state index is 12.3. The van der Waals surface area contributed by atoms with Crippen molar-refractivity contribution in [3.05, 3.63) is 29.8 Å². The Morgan fingerprint density at radius 1 is 1.19 bits per heavy atom. The van der Waals surface area contributed by atoms with Crippen LogP contribution >= 0.6 is 0 Å². The van der Waals surface area contributed by atoms with Crippen molar-refractivity contribution in [2.75, 3.05) is 14.1 Å². The van der Waals surface area contributed by atoms with E-state index in [-0.39, 0.29) is 11.8 Å². The second-order valence-electron chi connectivity index (χ2n) is 5.72. The van der Waals surface area contributed by atoms with E-state index in [9.17, 15) is 4.79 Å². The molecule has 0 spiro atoms. The molecular formula is C15H21N5O. The Bertz CT molecular complexity index is 615. The van der Waals surface area contributed by atoms with Gasteiger partial charge in [-0.15, -0.1) is 10.2 Å². The number of hydrogen-bond acceptors (Lipinski definition) is 4. The van der Waals surface area contributed by atoms with E-state index in [2.05, 4.69) is 15.4 Å². The van der Waals surface area contributed by atoms with Crippen LogP contribution in [0, 0.1) is 12.8 Å². The van der Waals surface area contributed by atoms with E-state index in [1.807, 2.05) is 45.0 Å². The van der Waals surface area contributed by atoms with Gasteiger partial charge in [0.25, 0.3) is 0 Å². The zero-order chi connectivity index (χ0) is 15.6. The van der Waals surface area contributed by atoms with E-state index >= 15 is 0 Å². The normalized spacial score (nSPS) is 12.5. The highest BCUT2D eigenvalue weighted by Gasteiger charge is 2.28. The predicted octanol–water partition coefficient (Wildman–Crippen LogP) is 1.93. The van der Waals surface area contributed by atoms with Gasteiger partial charge in [0.2, 0.25) is 11.7 Å². The third kappa shape index (κ3) is 3.26. The second-order valence-corrected chi connectivity index (χ2v) is 5.72. The van der Waals surface area contributed by atoms with Gasteiger partial charge >= 0.3 is 0 Å². The van der Waals surface area contributed by atoms with Crippen molar-refractivity contribution in [1.82, 2.24) is 25.1 Å². The van der Waals surface area contributed by atoms with Crippen LogP contribution in [0.2, 0.25) is 0 Å². The first-order valence-electron chi connectivity index (χ1n) is 6.98. The molecule has 21 heavy (non-hydrogen) atoms. The van der Waals surface area contributed by atoms with Gasteiger partial charge in [0, 0.05) is 19.7 Å². The van der Waals surface area contributed by atoms with Gasteiger partial charge in [-0.2, -0.15) is 4.80 Å². The average Bonchev–Trinajstić information content (AvgIpc) is 2.88. The lowest BCUT2D eigenvalue weighted by atomic mass is 10.0. The Balaban J connectivity index is 2.32. The standard InChI is InChI=1S/C15H21N5O/c1-10(2)13(15(21)19(4)5)20-17-14(16-18-20)12-8-6-11(3)7-9-12/h6-10,13H,1-5H3/t13-/m0/s1. The van der Waals surface area contributed by atoms with Crippen LogP contribution in [-0.4, -0.2) is 45.1 Å². The Kier molecular flexibility index (Phi) is 4.35. The summed E-state index contributed by atoms with van der Waals surface area (Å²) in [6.45, 7) is 5.97. The fourth-order valence-electron chi connectivity index (χ4n) is 2.08. The van der Waals surface area contributed by atoms with Crippen LogP contribution in [0.3, 0.4) is 0 Å². The summed E-state index contributed by atoms with van der Waals surface area (Å²) >= 11 is 0. The van der Waals surface area contributed by atoms with E-state index in [1.54, 1.807) is 19.0 Å². The van der Waals surface area contributed by atoms with E-state index in [1.165, 1.54) is 10.4 Å². The molecule has 0 aliphatic rings. The summed E-state index contributed by atoms with van der Waals surface area (Å²) in [5.41, 5.74) is 2.07. The number of aryl methyl sites for hydroxylation is 1. The maximum Gasteiger partial charge on any atom is 0.249 e. The molecule has 0 unspecified atom stereocenters. The number of carbonyl (C=O) groups excluding carboxylic acids is 1. The number of carbonyl (C=O) groups is 1. The summed E-state index contributed by atoms with van der Waals surface area (Å²) in [4.78, 5) is 15.2. The molecule has 0 saturated carbocycles. The highest BCUT2D eigenvalue weighted by Crippen LogP contribution is 2.20. The number of rotatable bonds is 4. The van der Waals surface area contributed by atoms with Crippen LogP contribution in [0.5, 0.6) is 0 Å². The summed E-state index contributed by atoms with van der Waals surface area (Å²) in [6.07, 6.45) is 0. The summed E-state index contributed by atoms with van der Waals surface area (Å²) in [6, 6.07) is 7.47. The SMILES string of the molecule is Cc1ccc(-c2nnn([C@H](C(=O)N(C)C)C(C)C)n2)cc1. The smallest absolute Gasteiger partial charge is 0.249 e. The van der Waals surface area contributed by atoms with Crippen LogP contribution in [0.4, 0.5) is 0 Å². The summed E-state index contributed by atoms with van der Waals surface area (Å²) in [5.74, 6) is 0.588. The van der Waals surface area contributed by atoms with Gasteiger partial charge < -0.3 is 4.90 Å². The van der Waals surface area contributed by atoms with E-state index in [4.69, 9.17) is 0 Å². The fourth-order valence-corrected chi connectivity index (χ4v) is 2.08. The topological polar surface area (TPSA) is 63.9 Å². The average molecular weight is 287 g/mol.